The van der Waals surface area contributed by atoms with Gasteiger partial charge >= 0.3 is 5.97 Å². The summed E-state index contributed by atoms with van der Waals surface area (Å²) in [4.78, 5) is 12.9. The number of fused-ring (bicyclic) bond motifs is 1. The highest BCUT2D eigenvalue weighted by molar-refractivity contribution is 6.06. The molecule has 0 bridgehead atoms. The first kappa shape index (κ1) is 18.8. The van der Waals surface area contributed by atoms with Crippen molar-refractivity contribution < 1.29 is 14.3 Å². The molecule has 1 aromatic heterocycles. The summed E-state index contributed by atoms with van der Waals surface area (Å²) < 4.78 is 13.3. The van der Waals surface area contributed by atoms with E-state index in [4.69, 9.17) is 9.47 Å². The van der Waals surface area contributed by atoms with Crippen molar-refractivity contribution in [2.45, 2.75) is 59.9 Å². The minimum Gasteiger partial charge on any atom is -0.497 e. The Kier molecular flexibility index (Phi) is 5.31. The topological polar surface area (TPSA) is 40.5 Å². The van der Waals surface area contributed by atoms with Crippen molar-refractivity contribution in [3.63, 3.8) is 0 Å². The molecule has 0 radical (unpaired) electrons. The van der Waals surface area contributed by atoms with Crippen LogP contribution in [0.15, 0.2) is 18.2 Å². The van der Waals surface area contributed by atoms with Crippen LogP contribution in [0.2, 0.25) is 0 Å². The van der Waals surface area contributed by atoms with E-state index in [2.05, 4.69) is 25.3 Å². The molecule has 4 nitrogen and oxygen atoms in total. The summed E-state index contributed by atoms with van der Waals surface area (Å²) in [5.41, 5.74) is 3.10. The summed E-state index contributed by atoms with van der Waals surface area (Å²) in [5.74, 6) is 1.03. The first-order valence-electron chi connectivity index (χ1n) is 9.70. The average Bonchev–Trinajstić information content (AvgIpc) is 3.09. The largest absolute Gasteiger partial charge is 0.497 e. The third kappa shape index (κ3) is 3.60. The summed E-state index contributed by atoms with van der Waals surface area (Å²) in [6.07, 6.45) is 4.50. The third-order valence-electron chi connectivity index (χ3n) is 5.70. The Morgan fingerprint density at radius 3 is 2.73 bits per heavy atom. The van der Waals surface area contributed by atoms with Gasteiger partial charge in [-0.15, -0.1) is 0 Å². The summed E-state index contributed by atoms with van der Waals surface area (Å²) in [6.45, 7) is 10.2. The molecule has 1 aliphatic carbocycles. The van der Waals surface area contributed by atoms with Crippen LogP contribution in [0.25, 0.3) is 10.9 Å². The molecule has 2 aromatic rings. The first-order valence-corrected chi connectivity index (χ1v) is 9.70. The molecule has 0 saturated heterocycles. The van der Waals surface area contributed by atoms with Crippen molar-refractivity contribution in [1.82, 2.24) is 4.57 Å². The number of benzene rings is 1. The molecule has 1 fully saturated rings. The smallest absolute Gasteiger partial charge is 0.340 e. The summed E-state index contributed by atoms with van der Waals surface area (Å²) in [6, 6.07) is 5.93. The van der Waals surface area contributed by atoms with Crippen molar-refractivity contribution in [2.24, 2.45) is 11.3 Å². The predicted molar refractivity (Wildman–Crippen MR) is 105 cm³/mol. The quantitative estimate of drug-likeness (QED) is 0.654. The molecule has 26 heavy (non-hydrogen) atoms. The van der Waals surface area contributed by atoms with Crippen LogP contribution in [-0.4, -0.2) is 24.3 Å². The second kappa shape index (κ2) is 7.34. The van der Waals surface area contributed by atoms with Gasteiger partial charge in [0.2, 0.25) is 0 Å². The number of ether oxygens (including phenoxy) is 2. The number of nitrogens with zero attached hydrogens (tertiary/aromatic N) is 1. The molecule has 1 saturated carbocycles. The molecule has 1 aliphatic rings. The number of esters is 1. The van der Waals surface area contributed by atoms with E-state index in [9.17, 15) is 4.79 Å². The van der Waals surface area contributed by atoms with E-state index in [1.807, 2.05) is 25.1 Å². The van der Waals surface area contributed by atoms with Gasteiger partial charge < -0.3 is 14.0 Å². The van der Waals surface area contributed by atoms with Gasteiger partial charge in [-0.3, -0.25) is 0 Å². The van der Waals surface area contributed by atoms with Crippen LogP contribution in [0, 0.1) is 18.3 Å². The molecule has 0 spiro atoms. The van der Waals surface area contributed by atoms with Crippen molar-refractivity contribution in [3.05, 3.63) is 29.5 Å². The molecular formula is C22H31NO3. The zero-order valence-corrected chi connectivity index (χ0v) is 16.7. The SMILES string of the molecule is CCCn1c(C)c(C(=O)OCC2CCC(C)(C)C2)c2cc(OC)ccc21. The summed E-state index contributed by atoms with van der Waals surface area (Å²) in [7, 11) is 1.65. The van der Waals surface area contributed by atoms with E-state index in [0.717, 1.165) is 48.2 Å². The van der Waals surface area contributed by atoms with Gasteiger partial charge in [0.25, 0.3) is 0 Å². The fourth-order valence-corrected chi connectivity index (χ4v) is 4.35. The Bertz CT molecular complexity index is 803. The van der Waals surface area contributed by atoms with Crippen molar-refractivity contribution in [3.8, 4) is 5.75 Å². The molecule has 0 amide bonds. The molecule has 0 aliphatic heterocycles. The second-order valence-corrected chi connectivity index (χ2v) is 8.37. The average molecular weight is 357 g/mol. The number of carbonyl (C=O) groups excluding carboxylic acids is 1. The number of aromatic nitrogens is 1. The highest BCUT2D eigenvalue weighted by Crippen LogP contribution is 2.41. The number of hydrogen-bond acceptors (Lipinski definition) is 3. The lowest BCUT2D eigenvalue weighted by Crippen LogP contribution is -2.14. The van der Waals surface area contributed by atoms with Crippen LogP contribution in [0.5, 0.6) is 5.75 Å². The minimum absolute atomic E-state index is 0.208. The minimum atomic E-state index is -0.208. The van der Waals surface area contributed by atoms with Gasteiger partial charge in [0.1, 0.15) is 5.75 Å². The van der Waals surface area contributed by atoms with E-state index in [1.165, 1.54) is 6.42 Å². The van der Waals surface area contributed by atoms with Crippen molar-refractivity contribution >= 4 is 16.9 Å². The fourth-order valence-electron chi connectivity index (χ4n) is 4.35. The van der Waals surface area contributed by atoms with Gasteiger partial charge in [0.05, 0.1) is 19.3 Å². The van der Waals surface area contributed by atoms with Crippen molar-refractivity contribution in [2.75, 3.05) is 13.7 Å². The van der Waals surface area contributed by atoms with Gasteiger partial charge in [0.15, 0.2) is 0 Å². The van der Waals surface area contributed by atoms with Gasteiger partial charge in [-0.2, -0.15) is 0 Å². The standard InChI is InChI=1S/C22H31NO3/c1-6-11-23-15(2)20(18-12-17(25-5)7-8-19(18)23)21(24)26-14-16-9-10-22(3,4)13-16/h7-8,12,16H,6,9-11,13-14H2,1-5H3. The monoisotopic (exact) mass is 357 g/mol. The summed E-state index contributed by atoms with van der Waals surface area (Å²) >= 11 is 0. The normalized spacial score (nSPS) is 19.0. The maximum absolute atomic E-state index is 12.9. The van der Waals surface area contributed by atoms with Gasteiger partial charge in [-0.25, -0.2) is 4.79 Å². The van der Waals surface area contributed by atoms with Crippen LogP contribution in [0.4, 0.5) is 0 Å². The lowest BCUT2D eigenvalue weighted by atomic mass is 9.91. The molecule has 4 heteroatoms. The maximum Gasteiger partial charge on any atom is 0.340 e. The Balaban J connectivity index is 1.87. The van der Waals surface area contributed by atoms with Crippen LogP contribution in [0.1, 0.15) is 62.5 Å². The van der Waals surface area contributed by atoms with Gasteiger partial charge in [-0.1, -0.05) is 20.8 Å². The molecule has 1 unspecified atom stereocenters. The Morgan fingerprint density at radius 2 is 2.12 bits per heavy atom. The van der Waals surface area contributed by atoms with Crippen molar-refractivity contribution in [1.29, 1.82) is 0 Å². The molecule has 1 aromatic carbocycles. The van der Waals surface area contributed by atoms with E-state index >= 15 is 0 Å². The zero-order chi connectivity index (χ0) is 18.9. The number of carbonyl (C=O) groups is 1. The van der Waals surface area contributed by atoms with E-state index in [-0.39, 0.29) is 5.97 Å². The fraction of sp³-hybridized carbons (Fsp3) is 0.591. The highest BCUT2D eigenvalue weighted by Gasteiger charge is 2.32. The third-order valence-corrected chi connectivity index (χ3v) is 5.70. The van der Waals surface area contributed by atoms with Crippen LogP contribution in [-0.2, 0) is 11.3 Å². The lowest BCUT2D eigenvalue weighted by Gasteiger charge is -2.17. The molecule has 142 valence electrons. The maximum atomic E-state index is 12.9. The Morgan fingerprint density at radius 1 is 1.35 bits per heavy atom. The summed E-state index contributed by atoms with van der Waals surface area (Å²) in [5, 5.41) is 0.923. The highest BCUT2D eigenvalue weighted by atomic mass is 16.5. The Hall–Kier alpha value is -1.97. The molecule has 0 N–H and O–H groups in total. The predicted octanol–water partition coefficient (Wildman–Crippen LogP) is 5.35. The van der Waals surface area contributed by atoms with E-state index < -0.39 is 0 Å². The Labute approximate surface area is 156 Å². The number of methoxy groups -OCH3 is 1. The number of aryl methyl sites for hydroxylation is 1. The number of rotatable bonds is 6. The second-order valence-electron chi connectivity index (χ2n) is 8.37. The van der Waals surface area contributed by atoms with Crippen LogP contribution < -0.4 is 4.74 Å². The number of hydrogen-bond donors (Lipinski definition) is 0. The van der Waals surface area contributed by atoms with Crippen LogP contribution in [0.3, 0.4) is 0 Å². The first-order chi connectivity index (χ1) is 12.4. The molecule has 3 rings (SSSR count). The molecule has 1 heterocycles. The van der Waals surface area contributed by atoms with E-state index in [0.29, 0.717) is 23.5 Å². The molecular weight excluding hydrogens is 326 g/mol. The van der Waals surface area contributed by atoms with Gasteiger partial charge in [0, 0.05) is 23.1 Å². The van der Waals surface area contributed by atoms with Gasteiger partial charge in [-0.05, 0) is 62.1 Å². The van der Waals surface area contributed by atoms with Crippen LogP contribution >= 0.6 is 0 Å². The lowest BCUT2D eigenvalue weighted by molar-refractivity contribution is 0.0437. The molecule has 1 atom stereocenters. The zero-order valence-electron chi connectivity index (χ0n) is 16.7. The van der Waals surface area contributed by atoms with E-state index in [1.54, 1.807) is 7.11 Å².